The number of aliphatic hydroxyl groups excluding tert-OH is 1. The molecule has 1 rings (SSSR count). The Morgan fingerprint density at radius 1 is 1.24 bits per heavy atom. The summed E-state index contributed by atoms with van der Waals surface area (Å²) < 4.78 is 0.204. The van der Waals surface area contributed by atoms with Gasteiger partial charge in [-0.25, -0.2) is 0 Å². The molecule has 0 bridgehead atoms. The predicted octanol–water partition coefficient (Wildman–Crippen LogP) is 4.32. The molecule has 1 aromatic carbocycles. The molecule has 0 aromatic heterocycles. The van der Waals surface area contributed by atoms with Crippen molar-refractivity contribution in [1.82, 2.24) is 0 Å². The molecule has 1 atom stereocenters. The minimum absolute atomic E-state index is 0.204. The van der Waals surface area contributed by atoms with Crippen LogP contribution in [-0.4, -0.2) is 27.5 Å². The highest BCUT2D eigenvalue weighted by Crippen LogP contribution is 2.29. The second-order valence-corrected chi connectivity index (χ2v) is 8.13. The Bertz CT molecular complexity index is 350. The topological polar surface area (TPSA) is 20.2 Å². The first-order valence-electron chi connectivity index (χ1n) is 5.58. The van der Waals surface area contributed by atoms with Crippen LogP contribution < -0.4 is 0 Å². The maximum absolute atomic E-state index is 9.88. The zero-order valence-electron chi connectivity index (χ0n) is 10.4. The Kier molecular flexibility index (Phi) is 6.21. The SMILES string of the molecule is CC(C)(C)SCC(O)CSc1ccccc1Cl. The summed E-state index contributed by atoms with van der Waals surface area (Å²) in [5.41, 5.74) is 0. The molecule has 0 saturated heterocycles. The Balaban J connectivity index is 2.34. The van der Waals surface area contributed by atoms with Crippen molar-refractivity contribution in [3.8, 4) is 0 Å². The predicted molar refractivity (Wildman–Crippen MR) is 80.4 cm³/mol. The normalized spacial score (nSPS) is 13.7. The van der Waals surface area contributed by atoms with E-state index < -0.39 is 0 Å². The maximum Gasteiger partial charge on any atom is 0.0724 e. The lowest BCUT2D eigenvalue weighted by Crippen LogP contribution is -2.18. The van der Waals surface area contributed by atoms with Crippen molar-refractivity contribution in [2.24, 2.45) is 0 Å². The molecule has 0 aliphatic heterocycles. The summed E-state index contributed by atoms with van der Waals surface area (Å²) in [6.07, 6.45) is -0.291. The first kappa shape index (κ1) is 15.2. The second kappa shape index (κ2) is 6.93. The van der Waals surface area contributed by atoms with Crippen LogP contribution in [0.25, 0.3) is 0 Å². The zero-order chi connectivity index (χ0) is 12.9. The Hall–Kier alpha value is 0.170. The summed E-state index contributed by atoms with van der Waals surface area (Å²) in [4.78, 5) is 1.04. The monoisotopic (exact) mass is 290 g/mol. The van der Waals surface area contributed by atoms with Gasteiger partial charge in [0.25, 0.3) is 0 Å². The van der Waals surface area contributed by atoms with Gasteiger partial charge < -0.3 is 5.11 Å². The highest BCUT2D eigenvalue weighted by atomic mass is 35.5. The molecule has 0 amide bonds. The van der Waals surface area contributed by atoms with Gasteiger partial charge in [0.15, 0.2) is 0 Å². The van der Waals surface area contributed by atoms with E-state index in [0.717, 1.165) is 15.7 Å². The van der Waals surface area contributed by atoms with Crippen LogP contribution in [0.1, 0.15) is 20.8 Å². The minimum atomic E-state index is -0.291. The number of hydrogen-bond acceptors (Lipinski definition) is 3. The smallest absolute Gasteiger partial charge is 0.0724 e. The fourth-order valence-corrected chi connectivity index (χ4v) is 3.27. The molecule has 0 heterocycles. The van der Waals surface area contributed by atoms with Crippen LogP contribution in [0.15, 0.2) is 29.2 Å². The molecule has 17 heavy (non-hydrogen) atoms. The van der Waals surface area contributed by atoms with Gasteiger partial charge in [0.05, 0.1) is 11.1 Å². The van der Waals surface area contributed by atoms with Crippen molar-refractivity contribution >= 4 is 35.1 Å². The van der Waals surface area contributed by atoms with E-state index in [0.29, 0.717) is 5.75 Å². The molecule has 0 fully saturated rings. The Morgan fingerprint density at radius 2 is 1.88 bits per heavy atom. The van der Waals surface area contributed by atoms with E-state index in [4.69, 9.17) is 11.6 Å². The van der Waals surface area contributed by atoms with E-state index in [2.05, 4.69) is 20.8 Å². The number of hydrogen-bond donors (Lipinski definition) is 1. The molecular weight excluding hydrogens is 272 g/mol. The van der Waals surface area contributed by atoms with Crippen LogP contribution in [0.2, 0.25) is 5.02 Å². The molecule has 0 aliphatic rings. The van der Waals surface area contributed by atoms with Crippen LogP contribution in [0.5, 0.6) is 0 Å². The van der Waals surface area contributed by atoms with Crippen molar-refractivity contribution in [2.45, 2.75) is 36.5 Å². The molecule has 1 nitrogen and oxygen atoms in total. The summed E-state index contributed by atoms with van der Waals surface area (Å²) in [5.74, 6) is 1.45. The zero-order valence-corrected chi connectivity index (χ0v) is 12.8. The third-order valence-electron chi connectivity index (χ3n) is 1.98. The van der Waals surface area contributed by atoms with Gasteiger partial charge >= 0.3 is 0 Å². The van der Waals surface area contributed by atoms with E-state index in [-0.39, 0.29) is 10.9 Å². The maximum atomic E-state index is 9.88. The van der Waals surface area contributed by atoms with Crippen LogP contribution in [-0.2, 0) is 0 Å². The molecule has 0 aliphatic carbocycles. The molecule has 0 saturated carbocycles. The van der Waals surface area contributed by atoms with Gasteiger partial charge in [0.2, 0.25) is 0 Å². The van der Waals surface area contributed by atoms with Gasteiger partial charge in [0, 0.05) is 21.1 Å². The number of thioether (sulfide) groups is 2. The molecular formula is C13H19ClOS2. The number of aliphatic hydroxyl groups is 1. The fourth-order valence-electron chi connectivity index (χ4n) is 1.14. The van der Waals surface area contributed by atoms with Crippen LogP contribution in [0.4, 0.5) is 0 Å². The largest absolute Gasteiger partial charge is 0.391 e. The molecule has 4 heteroatoms. The van der Waals surface area contributed by atoms with Gasteiger partial charge in [-0.05, 0) is 12.1 Å². The highest BCUT2D eigenvalue weighted by Gasteiger charge is 2.14. The van der Waals surface area contributed by atoms with E-state index in [9.17, 15) is 5.11 Å². The van der Waals surface area contributed by atoms with Crippen LogP contribution >= 0.6 is 35.1 Å². The standard InChI is InChI=1S/C13H19ClOS2/c1-13(2,3)17-9-10(15)8-16-12-7-5-4-6-11(12)14/h4-7,10,15H,8-9H2,1-3H3. The van der Waals surface area contributed by atoms with Crippen molar-refractivity contribution in [3.63, 3.8) is 0 Å². The summed E-state index contributed by atoms with van der Waals surface area (Å²) in [7, 11) is 0. The highest BCUT2D eigenvalue weighted by molar-refractivity contribution is 8.01. The molecule has 1 unspecified atom stereocenters. The van der Waals surface area contributed by atoms with Crippen molar-refractivity contribution < 1.29 is 5.11 Å². The van der Waals surface area contributed by atoms with Gasteiger partial charge in [-0.1, -0.05) is 44.5 Å². The van der Waals surface area contributed by atoms with E-state index in [1.807, 2.05) is 24.3 Å². The van der Waals surface area contributed by atoms with E-state index in [1.165, 1.54) is 0 Å². The summed E-state index contributed by atoms with van der Waals surface area (Å²) in [6, 6.07) is 7.74. The van der Waals surface area contributed by atoms with E-state index >= 15 is 0 Å². The van der Waals surface area contributed by atoms with Crippen molar-refractivity contribution in [2.75, 3.05) is 11.5 Å². The molecule has 0 spiro atoms. The lowest BCUT2D eigenvalue weighted by molar-refractivity contribution is 0.225. The lowest BCUT2D eigenvalue weighted by Gasteiger charge is -2.19. The van der Waals surface area contributed by atoms with Crippen molar-refractivity contribution in [1.29, 1.82) is 0 Å². The average molecular weight is 291 g/mol. The number of benzene rings is 1. The summed E-state index contributed by atoms with van der Waals surface area (Å²) >= 11 is 9.44. The van der Waals surface area contributed by atoms with E-state index in [1.54, 1.807) is 23.5 Å². The van der Waals surface area contributed by atoms with Gasteiger partial charge in [-0.2, -0.15) is 11.8 Å². The van der Waals surface area contributed by atoms with Gasteiger partial charge in [-0.15, -0.1) is 11.8 Å². The van der Waals surface area contributed by atoms with Crippen molar-refractivity contribution in [3.05, 3.63) is 29.3 Å². The third-order valence-corrected chi connectivity index (χ3v) is 5.05. The third kappa shape index (κ3) is 6.61. The summed E-state index contributed by atoms with van der Waals surface area (Å²) in [6.45, 7) is 6.47. The van der Waals surface area contributed by atoms with Crippen LogP contribution in [0.3, 0.4) is 0 Å². The quantitative estimate of drug-likeness (QED) is 0.816. The molecule has 1 N–H and O–H groups in total. The Labute approximate surface area is 117 Å². The second-order valence-electron chi connectivity index (χ2n) is 4.82. The van der Waals surface area contributed by atoms with Gasteiger partial charge in [0.1, 0.15) is 0 Å². The summed E-state index contributed by atoms with van der Waals surface area (Å²) in [5, 5.41) is 10.6. The minimum Gasteiger partial charge on any atom is -0.391 e. The Morgan fingerprint density at radius 3 is 2.47 bits per heavy atom. The van der Waals surface area contributed by atoms with Gasteiger partial charge in [-0.3, -0.25) is 0 Å². The first-order valence-corrected chi connectivity index (χ1v) is 7.93. The molecule has 1 aromatic rings. The number of halogens is 1. The fraction of sp³-hybridized carbons (Fsp3) is 0.538. The average Bonchev–Trinajstić information content (AvgIpc) is 2.24. The van der Waals surface area contributed by atoms with Crippen LogP contribution in [0, 0.1) is 0 Å². The lowest BCUT2D eigenvalue weighted by atomic mass is 10.3. The number of rotatable bonds is 5. The molecule has 96 valence electrons. The molecule has 0 radical (unpaired) electrons. The first-order chi connectivity index (χ1) is 7.88.